The molecule has 22 heavy (non-hydrogen) atoms. The summed E-state index contributed by atoms with van der Waals surface area (Å²) in [4.78, 5) is 23.9. The molecule has 0 bridgehead atoms. The molecule has 0 saturated heterocycles. The van der Waals surface area contributed by atoms with E-state index in [4.69, 9.17) is 4.42 Å². The lowest BCUT2D eigenvalue weighted by atomic mass is 10.2. The molecule has 3 aromatic rings. The van der Waals surface area contributed by atoms with E-state index in [9.17, 15) is 9.59 Å². The standard InChI is InChI=1S/C16H11BrN2O3/c17-12-7-5-10(6-8-12)15(20)18-19-16(21)14-9-11-3-1-2-4-13(11)22-14/h1-9H,(H,18,20)(H,19,21). The Morgan fingerprint density at radius 1 is 0.909 bits per heavy atom. The average molecular weight is 359 g/mol. The molecule has 0 spiro atoms. The minimum absolute atomic E-state index is 0.136. The van der Waals surface area contributed by atoms with Crippen molar-refractivity contribution in [2.24, 2.45) is 0 Å². The molecule has 0 atom stereocenters. The van der Waals surface area contributed by atoms with Crippen LogP contribution < -0.4 is 10.9 Å². The second-order valence-electron chi connectivity index (χ2n) is 4.56. The van der Waals surface area contributed by atoms with E-state index in [2.05, 4.69) is 26.8 Å². The largest absolute Gasteiger partial charge is 0.451 e. The second kappa shape index (κ2) is 6.03. The Balaban J connectivity index is 1.66. The first-order valence-electron chi connectivity index (χ1n) is 6.48. The van der Waals surface area contributed by atoms with Gasteiger partial charge < -0.3 is 4.42 Å². The highest BCUT2D eigenvalue weighted by Gasteiger charge is 2.13. The third kappa shape index (κ3) is 3.01. The van der Waals surface area contributed by atoms with Crippen molar-refractivity contribution < 1.29 is 14.0 Å². The monoisotopic (exact) mass is 358 g/mol. The van der Waals surface area contributed by atoms with Crippen molar-refractivity contribution in [3.8, 4) is 0 Å². The smallest absolute Gasteiger partial charge is 0.305 e. The molecule has 0 radical (unpaired) electrons. The number of furan rings is 1. The normalized spacial score (nSPS) is 10.4. The highest BCUT2D eigenvalue weighted by molar-refractivity contribution is 9.10. The van der Waals surface area contributed by atoms with Crippen LogP contribution in [0.2, 0.25) is 0 Å². The Hall–Kier alpha value is -2.60. The van der Waals surface area contributed by atoms with Crippen LogP contribution in [-0.2, 0) is 0 Å². The maximum atomic E-state index is 12.0. The maximum Gasteiger partial charge on any atom is 0.305 e. The topological polar surface area (TPSA) is 71.3 Å². The molecule has 6 heteroatoms. The van der Waals surface area contributed by atoms with Crippen molar-refractivity contribution in [3.63, 3.8) is 0 Å². The molecule has 2 N–H and O–H groups in total. The first-order chi connectivity index (χ1) is 10.6. The van der Waals surface area contributed by atoms with E-state index in [-0.39, 0.29) is 5.76 Å². The molecule has 1 heterocycles. The third-order valence-corrected chi connectivity index (χ3v) is 3.57. The Bertz CT molecular complexity index is 807. The van der Waals surface area contributed by atoms with Gasteiger partial charge in [-0.3, -0.25) is 20.4 Å². The number of nitrogens with one attached hydrogen (secondary N) is 2. The summed E-state index contributed by atoms with van der Waals surface area (Å²) >= 11 is 3.29. The number of para-hydroxylation sites is 1. The number of benzene rings is 2. The van der Waals surface area contributed by atoms with Gasteiger partial charge in [0, 0.05) is 15.4 Å². The Morgan fingerprint density at radius 3 is 2.32 bits per heavy atom. The summed E-state index contributed by atoms with van der Waals surface area (Å²) in [5.41, 5.74) is 5.73. The number of hydrogen-bond acceptors (Lipinski definition) is 3. The lowest BCUT2D eigenvalue weighted by Gasteiger charge is -2.05. The summed E-state index contributed by atoms with van der Waals surface area (Å²) in [6, 6.07) is 15.7. The highest BCUT2D eigenvalue weighted by Crippen LogP contribution is 2.18. The predicted octanol–water partition coefficient (Wildman–Crippen LogP) is 3.27. The number of hydrazine groups is 1. The SMILES string of the molecule is O=C(NNC(=O)c1cc2ccccc2o1)c1ccc(Br)cc1. The maximum absolute atomic E-state index is 12.0. The molecule has 2 aromatic carbocycles. The van der Waals surface area contributed by atoms with Gasteiger partial charge in [0.25, 0.3) is 5.91 Å². The van der Waals surface area contributed by atoms with Gasteiger partial charge in [-0.2, -0.15) is 0 Å². The number of rotatable bonds is 2. The van der Waals surface area contributed by atoms with Gasteiger partial charge in [-0.25, -0.2) is 0 Å². The van der Waals surface area contributed by atoms with Crippen molar-refractivity contribution in [3.05, 3.63) is 70.4 Å². The van der Waals surface area contributed by atoms with Gasteiger partial charge >= 0.3 is 5.91 Å². The molecule has 0 fully saturated rings. The summed E-state index contributed by atoms with van der Waals surface area (Å²) in [6.07, 6.45) is 0. The van der Waals surface area contributed by atoms with E-state index in [0.29, 0.717) is 11.1 Å². The van der Waals surface area contributed by atoms with E-state index < -0.39 is 11.8 Å². The van der Waals surface area contributed by atoms with Gasteiger partial charge in [-0.1, -0.05) is 34.1 Å². The van der Waals surface area contributed by atoms with Gasteiger partial charge in [0.1, 0.15) is 5.58 Å². The summed E-state index contributed by atoms with van der Waals surface area (Å²) in [7, 11) is 0. The molecule has 0 unspecified atom stereocenters. The molecule has 0 aliphatic carbocycles. The number of amides is 2. The van der Waals surface area contributed by atoms with Crippen molar-refractivity contribution in [1.29, 1.82) is 0 Å². The van der Waals surface area contributed by atoms with Gasteiger partial charge in [0.2, 0.25) is 0 Å². The van der Waals surface area contributed by atoms with Crippen molar-refractivity contribution >= 4 is 38.7 Å². The summed E-state index contributed by atoms with van der Waals surface area (Å²) in [6.45, 7) is 0. The van der Waals surface area contributed by atoms with Crippen LogP contribution in [0.15, 0.2) is 63.5 Å². The van der Waals surface area contributed by atoms with Crippen LogP contribution in [-0.4, -0.2) is 11.8 Å². The summed E-state index contributed by atoms with van der Waals surface area (Å²) < 4.78 is 6.28. The van der Waals surface area contributed by atoms with Gasteiger partial charge in [-0.15, -0.1) is 0 Å². The lowest BCUT2D eigenvalue weighted by molar-refractivity contribution is 0.0832. The zero-order chi connectivity index (χ0) is 15.5. The van der Waals surface area contributed by atoms with E-state index in [1.54, 1.807) is 36.4 Å². The van der Waals surface area contributed by atoms with E-state index in [1.165, 1.54) is 0 Å². The minimum atomic E-state index is -0.512. The van der Waals surface area contributed by atoms with Crippen LogP contribution >= 0.6 is 15.9 Å². The van der Waals surface area contributed by atoms with Crippen LogP contribution in [0, 0.1) is 0 Å². The first kappa shape index (κ1) is 14.3. The quantitative estimate of drug-likeness (QED) is 0.690. The molecular weight excluding hydrogens is 348 g/mol. The van der Waals surface area contributed by atoms with Crippen LogP contribution in [0.3, 0.4) is 0 Å². The molecule has 5 nitrogen and oxygen atoms in total. The molecule has 110 valence electrons. The number of carbonyl (C=O) groups excluding carboxylic acids is 2. The molecular formula is C16H11BrN2O3. The molecule has 1 aromatic heterocycles. The highest BCUT2D eigenvalue weighted by atomic mass is 79.9. The van der Waals surface area contributed by atoms with E-state index in [1.807, 2.05) is 18.2 Å². The fourth-order valence-corrected chi connectivity index (χ4v) is 2.21. The summed E-state index contributed by atoms with van der Waals surface area (Å²) in [5.74, 6) is -0.782. The minimum Gasteiger partial charge on any atom is -0.451 e. The van der Waals surface area contributed by atoms with Crippen LogP contribution in [0.5, 0.6) is 0 Å². The van der Waals surface area contributed by atoms with Crippen LogP contribution in [0.1, 0.15) is 20.9 Å². The molecule has 0 saturated carbocycles. The van der Waals surface area contributed by atoms with Crippen LogP contribution in [0.4, 0.5) is 0 Å². The number of carbonyl (C=O) groups is 2. The van der Waals surface area contributed by atoms with Crippen LogP contribution in [0.25, 0.3) is 11.0 Å². The van der Waals surface area contributed by atoms with Crippen molar-refractivity contribution in [2.75, 3.05) is 0 Å². The van der Waals surface area contributed by atoms with Crippen molar-refractivity contribution in [2.45, 2.75) is 0 Å². The fourth-order valence-electron chi connectivity index (χ4n) is 1.94. The van der Waals surface area contributed by atoms with Gasteiger partial charge in [0.15, 0.2) is 5.76 Å². The second-order valence-corrected chi connectivity index (χ2v) is 5.48. The zero-order valence-corrected chi connectivity index (χ0v) is 12.9. The fraction of sp³-hybridized carbons (Fsp3) is 0. The van der Waals surface area contributed by atoms with E-state index in [0.717, 1.165) is 9.86 Å². The van der Waals surface area contributed by atoms with Crippen molar-refractivity contribution in [1.82, 2.24) is 10.9 Å². The summed E-state index contributed by atoms with van der Waals surface area (Å²) in [5, 5.41) is 0.826. The molecule has 2 amide bonds. The Kier molecular flexibility index (Phi) is 3.93. The number of fused-ring (bicyclic) bond motifs is 1. The predicted molar refractivity (Wildman–Crippen MR) is 85.3 cm³/mol. The van der Waals surface area contributed by atoms with Gasteiger partial charge in [0.05, 0.1) is 0 Å². The lowest BCUT2D eigenvalue weighted by Crippen LogP contribution is -2.41. The van der Waals surface area contributed by atoms with Gasteiger partial charge in [-0.05, 0) is 36.4 Å². The molecule has 0 aliphatic rings. The average Bonchev–Trinajstić information content (AvgIpc) is 2.97. The Morgan fingerprint density at radius 2 is 1.59 bits per heavy atom. The molecule has 0 aliphatic heterocycles. The Labute approximate surface area is 134 Å². The van der Waals surface area contributed by atoms with E-state index >= 15 is 0 Å². The molecule has 3 rings (SSSR count). The number of hydrogen-bond donors (Lipinski definition) is 2. The number of halogens is 1. The third-order valence-electron chi connectivity index (χ3n) is 3.05. The zero-order valence-electron chi connectivity index (χ0n) is 11.3. The first-order valence-corrected chi connectivity index (χ1v) is 7.27.